The lowest BCUT2D eigenvalue weighted by Crippen LogP contribution is -2.65. The van der Waals surface area contributed by atoms with Gasteiger partial charge in [0.05, 0.1) is 18.8 Å². The summed E-state index contributed by atoms with van der Waals surface area (Å²) in [5.41, 5.74) is 0. The van der Waals surface area contributed by atoms with Crippen molar-refractivity contribution in [3.63, 3.8) is 0 Å². The highest BCUT2D eigenvalue weighted by molar-refractivity contribution is 4.94. The van der Waals surface area contributed by atoms with Crippen LogP contribution in [-0.2, 0) is 23.7 Å². The third-order valence-corrected chi connectivity index (χ3v) is 6.00. The van der Waals surface area contributed by atoms with Gasteiger partial charge in [-0.2, -0.15) is 0 Å². The molecule has 0 spiro atoms. The Balaban J connectivity index is 1.66. The summed E-state index contributed by atoms with van der Waals surface area (Å²) in [6.45, 7) is 2.24. The van der Waals surface area contributed by atoms with E-state index in [2.05, 4.69) is 0 Å². The van der Waals surface area contributed by atoms with Gasteiger partial charge in [0.15, 0.2) is 18.9 Å². The van der Waals surface area contributed by atoms with Crippen LogP contribution < -0.4 is 0 Å². The van der Waals surface area contributed by atoms with Gasteiger partial charge in [0.1, 0.15) is 61.0 Å². The summed E-state index contributed by atoms with van der Waals surface area (Å²) in [7, 11) is 0. The van der Waals surface area contributed by atoms with Gasteiger partial charge in [-0.25, -0.2) is 0 Å². The Bertz CT molecular complexity index is 608. The van der Waals surface area contributed by atoms with Crippen molar-refractivity contribution in [2.75, 3.05) is 6.61 Å². The van der Waals surface area contributed by atoms with Gasteiger partial charge in [-0.3, -0.25) is 0 Å². The topological polar surface area (TPSA) is 228 Å². The van der Waals surface area contributed by atoms with E-state index < -0.39 is 98.7 Å². The van der Waals surface area contributed by atoms with Crippen LogP contribution in [0.15, 0.2) is 0 Å². The summed E-state index contributed by atoms with van der Waals surface area (Å²) in [5.74, 6) is 0. The molecule has 3 rings (SSSR count). The summed E-state index contributed by atoms with van der Waals surface area (Å²) in [6, 6.07) is 0. The molecular formula is C18H32O14. The Morgan fingerprint density at radius 3 is 1.59 bits per heavy atom. The van der Waals surface area contributed by atoms with Crippen molar-refractivity contribution in [3.05, 3.63) is 0 Å². The lowest BCUT2D eigenvalue weighted by molar-refractivity contribution is -0.372. The van der Waals surface area contributed by atoms with Crippen molar-refractivity contribution in [3.8, 4) is 0 Å². The minimum absolute atomic E-state index is 0.673. The fourth-order valence-corrected chi connectivity index (χ4v) is 4.01. The SMILES string of the molecule is C[C@@H]1OC(O)[C@H](O)[C@H](O)[C@H]1O[C@@H]1O[C@@H](C)[C@H](O[C@@H]2O[C@H](CO)[C@@H](O)[C@H](O)[C@H]2O)[C@@H](O)[C@H]1O. The van der Waals surface area contributed by atoms with Crippen LogP contribution in [0.25, 0.3) is 0 Å². The van der Waals surface area contributed by atoms with E-state index in [9.17, 15) is 46.0 Å². The van der Waals surface area contributed by atoms with E-state index in [0.717, 1.165) is 0 Å². The molecule has 0 amide bonds. The third-order valence-electron chi connectivity index (χ3n) is 6.00. The van der Waals surface area contributed by atoms with E-state index in [1.807, 2.05) is 0 Å². The monoisotopic (exact) mass is 472 g/mol. The highest BCUT2D eigenvalue weighted by Crippen LogP contribution is 2.31. The van der Waals surface area contributed by atoms with Gasteiger partial charge in [-0.05, 0) is 13.8 Å². The number of ether oxygens (including phenoxy) is 5. The lowest BCUT2D eigenvalue weighted by Gasteiger charge is -2.47. The summed E-state index contributed by atoms with van der Waals surface area (Å²) >= 11 is 0. The second kappa shape index (κ2) is 10.4. The second-order valence-corrected chi connectivity index (χ2v) is 8.30. The molecule has 0 aromatic carbocycles. The van der Waals surface area contributed by atoms with Crippen LogP contribution in [0.5, 0.6) is 0 Å². The first-order valence-corrected chi connectivity index (χ1v) is 10.3. The molecule has 1 unspecified atom stereocenters. The molecule has 14 nitrogen and oxygen atoms in total. The van der Waals surface area contributed by atoms with Crippen LogP contribution >= 0.6 is 0 Å². The predicted octanol–water partition coefficient (Wildman–Crippen LogP) is -5.52. The first-order valence-electron chi connectivity index (χ1n) is 10.3. The first kappa shape index (κ1) is 26.1. The van der Waals surface area contributed by atoms with Gasteiger partial charge < -0.3 is 69.6 Å². The van der Waals surface area contributed by atoms with Crippen molar-refractivity contribution >= 4 is 0 Å². The number of rotatable bonds is 5. The van der Waals surface area contributed by atoms with Crippen LogP contribution in [0.1, 0.15) is 13.8 Å². The first-order chi connectivity index (χ1) is 15.0. The summed E-state index contributed by atoms with van der Waals surface area (Å²) < 4.78 is 26.9. The number of hydrogen-bond acceptors (Lipinski definition) is 14. The average molecular weight is 472 g/mol. The molecule has 3 heterocycles. The van der Waals surface area contributed by atoms with Crippen LogP contribution in [0.3, 0.4) is 0 Å². The molecule has 9 N–H and O–H groups in total. The molecule has 15 atom stereocenters. The molecular weight excluding hydrogens is 440 g/mol. The highest BCUT2D eigenvalue weighted by Gasteiger charge is 2.51. The zero-order valence-corrected chi connectivity index (χ0v) is 17.4. The van der Waals surface area contributed by atoms with Crippen molar-refractivity contribution in [1.82, 2.24) is 0 Å². The lowest BCUT2D eigenvalue weighted by atomic mass is 9.96. The number of hydrogen-bond donors (Lipinski definition) is 9. The maximum atomic E-state index is 10.6. The molecule has 0 aromatic heterocycles. The molecule has 3 aliphatic rings. The minimum atomic E-state index is -1.72. The molecule has 0 radical (unpaired) electrons. The Morgan fingerprint density at radius 2 is 1.03 bits per heavy atom. The van der Waals surface area contributed by atoms with Gasteiger partial charge in [0, 0.05) is 0 Å². The largest absolute Gasteiger partial charge is 0.394 e. The molecule has 14 heteroatoms. The van der Waals surface area contributed by atoms with Gasteiger partial charge in [0.25, 0.3) is 0 Å². The zero-order valence-electron chi connectivity index (χ0n) is 17.4. The van der Waals surface area contributed by atoms with Crippen molar-refractivity contribution < 1.29 is 69.6 Å². The van der Waals surface area contributed by atoms with E-state index in [-0.39, 0.29) is 0 Å². The van der Waals surface area contributed by atoms with Gasteiger partial charge in [0.2, 0.25) is 0 Å². The molecule has 0 saturated carbocycles. The predicted molar refractivity (Wildman–Crippen MR) is 98.4 cm³/mol. The number of aliphatic hydroxyl groups excluding tert-OH is 9. The average Bonchev–Trinajstić information content (AvgIpc) is 2.75. The maximum absolute atomic E-state index is 10.6. The highest BCUT2D eigenvalue weighted by atomic mass is 16.7. The smallest absolute Gasteiger partial charge is 0.187 e. The maximum Gasteiger partial charge on any atom is 0.187 e. The molecule has 3 aliphatic heterocycles. The van der Waals surface area contributed by atoms with E-state index >= 15 is 0 Å². The molecule has 3 saturated heterocycles. The van der Waals surface area contributed by atoms with Gasteiger partial charge in [-0.15, -0.1) is 0 Å². The molecule has 3 fully saturated rings. The molecule has 0 aliphatic carbocycles. The van der Waals surface area contributed by atoms with E-state index in [1.165, 1.54) is 13.8 Å². The van der Waals surface area contributed by atoms with E-state index in [4.69, 9.17) is 23.7 Å². The van der Waals surface area contributed by atoms with Crippen LogP contribution in [0, 0.1) is 0 Å². The standard InChI is InChI=1S/C18H32O14/c1-4-14(9(22)11(24)16(27)28-4)31-17-13(26)10(23)15(5(2)29-17)32-18-12(25)8(21)7(20)6(3-19)30-18/h4-27H,3H2,1-2H3/t4-,5-,6+,7+,8-,9-,10-,11+,12+,13+,14-,15-,16?,17-,18-/m0/s1. The van der Waals surface area contributed by atoms with Crippen LogP contribution in [0.4, 0.5) is 0 Å². The van der Waals surface area contributed by atoms with Crippen LogP contribution in [-0.4, -0.2) is 145 Å². The Morgan fingerprint density at radius 1 is 0.562 bits per heavy atom. The van der Waals surface area contributed by atoms with Gasteiger partial charge >= 0.3 is 0 Å². The summed E-state index contributed by atoms with van der Waals surface area (Å²) in [4.78, 5) is 0. The summed E-state index contributed by atoms with van der Waals surface area (Å²) in [6.07, 6.45) is -21.9. The van der Waals surface area contributed by atoms with Crippen molar-refractivity contribution in [2.24, 2.45) is 0 Å². The zero-order chi connectivity index (χ0) is 23.9. The van der Waals surface area contributed by atoms with E-state index in [0.29, 0.717) is 0 Å². The Labute approximate surface area is 183 Å². The molecule has 0 bridgehead atoms. The quantitative estimate of drug-likeness (QED) is 0.182. The van der Waals surface area contributed by atoms with Gasteiger partial charge in [-0.1, -0.05) is 0 Å². The number of aliphatic hydroxyl groups is 9. The fraction of sp³-hybridized carbons (Fsp3) is 1.00. The molecule has 32 heavy (non-hydrogen) atoms. The second-order valence-electron chi connectivity index (χ2n) is 8.30. The molecule has 188 valence electrons. The molecule has 0 aromatic rings. The minimum Gasteiger partial charge on any atom is -0.394 e. The fourth-order valence-electron chi connectivity index (χ4n) is 4.01. The Hall–Kier alpha value is -0.560. The van der Waals surface area contributed by atoms with Crippen molar-refractivity contribution in [2.45, 2.75) is 106 Å². The van der Waals surface area contributed by atoms with Crippen LogP contribution in [0.2, 0.25) is 0 Å². The Kier molecular flexibility index (Phi) is 8.44. The summed E-state index contributed by atoms with van der Waals surface area (Å²) in [5, 5.41) is 89.7. The third kappa shape index (κ3) is 4.94. The van der Waals surface area contributed by atoms with Crippen molar-refractivity contribution in [1.29, 1.82) is 0 Å². The van der Waals surface area contributed by atoms with E-state index in [1.54, 1.807) is 0 Å². The normalized spacial score (nSPS) is 55.0.